The van der Waals surface area contributed by atoms with E-state index in [-0.39, 0.29) is 23.8 Å². The fourth-order valence-corrected chi connectivity index (χ4v) is 4.89. The topological polar surface area (TPSA) is 174 Å². The van der Waals surface area contributed by atoms with Crippen molar-refractivity contribution >= 4 is 23.6 Å². The van der Waals surface area contributed by atoms with Gasteiger partial charge >= 0.3 is 0 Å². The van der Waals surface area contributed by atoms with Crippen LogP contribution in [0.4, 0.5) is 0 Å². The van der Waals surface area contributed by atoms with Gasteiger partial charge in [-0.25, -0.2) is 4.98 Å². The van der Waals surface area contributed by atoms with Gasteiger partial charge in [-0.1, -0.05) is 33.3 Å². The standard InChI is InChI=1S/C28H38N6O6/c1-6-15(2)23-27(39)31-17(4)21(33-26(38)22-20(35)10-8-12-30-22)25(37)32-19(13-18-9-7-11-29-14-18)24(36)16(3)28(40)34(23)5/h7-12,14-17,19,21,23-24,35-36H,6,13H2,1-5H3,(H,31,39)(H,32,37)(H,33,38)/t15?,16-,17-,19+,21+,23?,24+/m1/s1. The van der Waals surface area contributed by atoms with Crippen LogP contribution in [0.1, 0.15) is 50.2 Å². The molecule has 40 heavy (non-hydrogen) atoms. The number of carbonyl (C=O) groups is 4. The maximum Gasteiger partial charge on any atom is 0.274 e. The number of hydrogen-bond acceptors (Lipinski definition) is 8. The molecule has 1 aliphatic heterocycles. The van der Waals surface area contributed by atoms with Gasteiger partial charge in [0.15, 0.2) is 5.69 Å². The Hall–Kier alpha value is -4.06. The van der Waals surface area contributed by atoms with Gasteiger partial charge in [-0.2, -0.15) is 0 Å². The van der Waals surface area contributed by atoms with Crippen molar-refractivity contribution in [3.63, 3.8) is 0 Å². The molecule has 0 aliphatic carbocycles. The Morgan fingerprint density at radius 3 is 2.45 bits per heavy atom. The normalized spacial score (nSPS) is 27.1. The maximum absolute atomic E-state index is 13.7. The largest absolute Gasteiger partial charge is 0.505 e. The summed E-state index contributed by atoms with van der Waals surface area (Å²) in [5.74, 6) is -4.05. The first-order valence-electron chi connectivity index (χ1n) is 13.3. The van der Waals surface area contributed by atoms with Crippen molar-refractivity contribution in [2.45, 2.75) is 70.8 Å². The molecular formula is C28H38N6O6. The van der Waals surface area contributed by atoms with E-state index < -0.39 is 59.8 Å². The number of likely N-dealkylation sites (N-methyl/N-ethyl adjacent to an activating group) is 1. The zero-order valence-electron chi connectivity index (χ0n) is 23.4. The number of aliphatic hydroxyl groups is 1. The molecule has 4 amide bonds. The van der Waals surface area contributed by atoms with Crippen LogP contribution >= 0.6 is 0 Å². The molecule has 1 fully saturated rings. The number of carbonyl (C=O) groups excluding carboxylic acids is 4. The Bertz CT molecular complexity index is 1210. The summed E-state index contributed by atoms with van der Waals surface area (Å²) in [7, 11) is 1.52. The van der Waals surface area contributed by atoms with Crippen molar-refractivity contribution in [1.29, 1.82) is 0 Å². The lowest BCUT2D eigenvalue weighted by Crippen LogP contribution is -2.64. The number of nitrogens with zero attached hydrogens (tertiary/aromatic N) is 3. The van der Waals surface area contributed by atoms with Crippen LogP contribution < -0.4 is 16.0 Å². The minimum Gasteiger partial charge on any atom is -0.505 e. The number of rotatable bonds is 6. The zero-order valence-corrected chi connectivity index (χ0v) is 23.4. The lowest BCUT2D eigenvalue weighted by molar-refractivity contribution is -0.148. The molecule has 2 unspecified atom stereocenters. The molecule has 3 heterocycles. The number of aromatic hydroxyl groups is 1. The highest BCUT2D eigenvalue weighted by molar-refractivity contribution is 5.98. The lowest BCUT2D eigenvalue weighted by atomic mass is 9.89. The van der Waals surface area contributed by atoms with Crippen LogP contribution in [-0.2, 0) is 20.8 Å². The van der Waals surface area contributed by atoms with Crippen molar-refractivity contribution in [1.82, 2.24) is 30.8 Å². The molecule has 0 bridgehead atoms. The summed E-state index contributed by atoms with van der Waals surface area (Å²) in [6, 6.07) is 2.18. The second-order valence-electron chi connectivity index (χ2n) is 10.4. The van der Waals surface area contributed by atoms with Crippen LogP contribution in [0.3, 0.4) is 0 Å². The third-order valence-corrected chi connectivity index (χ3v) is 7.48. The first-order chi connectivity index (χ1) is 19.0. The third-order valence-electron chi connectivity index (χ3n) is 7.48. The van der Waals surface area contributed by atoms with Gasteiger partial charge in [0.2, 0.25) is 17.7 Å². The van der Waals surface area contributed by atoms with E-state index in [1.807, 2.05) is 13.8 Å². The van der Waals surface area contributed by atoms with Crippen LogP contribution in [0, 0.1) is 11.8 Å². The summed E-state index contributed by atoms with van der Waals surface area (Å²) < 4.78 is 0. The average Bonchev–Trinajstić information content (AvgIpc) is 2.94. The minimum absolute atomic E-state index is 0.152. The van der Waals surface area contributed by atoms with Gasteiger partial charge < -0.3 is 31.1 Å². The van der Waals surface area contributed by atoms with Gasteiger partial charge in [-0.15, -0.1) is 0 Å². The summed E-state index contributed by atoms with van der Waals surface area (Å²) in [5.41, 5.74) is 0.424. The molecule has 0 radical (unpaired) electrons. The summed E-state index contributed by atoms with van der Waals surface area (Å²) in [6.07, 6.45) is 3.93. The summed E-state index contributed by atoms with van der Waals surface area (Å²) in [4.78, 5) is 63.0. The number of amides is 4. The average molecular weight is 555 g/mol. The quantitative estimate of drug-likeness (QED) is 0.341. The Kier molecular flexibility index (Phi) is 10.2. The smallest absolute Gasteiger partial charge is 0.274 e. The van der Waals surface area contributed by atoms with Gasteiger partial charge in [0.25, 0.3) is 5.91 Å². The Balaban J connectivity index is 2.04. The van der Waals surface area contributed by atoms with Crippen LogP contribution in [-0.4, -0.2) is 86.0 Å². The van der Waals surface area contributed by atoms with E-state index in [4.69, 9.17) is 0 Å². The van der Waals surface area contributed by atoms with Crippen LogP contribution in [0.15, 0.2) is 42.9 Å². The Labute approximate surface area is 233 Å². The number of nitrogens with one attached hydrogen (secondary N) is 3. The van der Waals surface area contributed by atoms with Gasteiger partial charge in [0.1, 0.15) is 17.8 Å². The van der Waals surface area contributed by atoms with Crippen molar-refractivity contribution in [2.75, 3.05) is 7.05 Å². The molecule has 7 atom stereocenters. The van der Waals surface area contributed by atoms with Gasteiger partial charge in [-0.05, 0) is 43.0 Å². The van der Waals surface area contributed by atoms with Crippen LogP contribution in [0.2, 0.25) is 0 Å². The van der Waals surface area contributed by atoms with Gasteiger partial charge in [0, 0.05) is 25.6 Å². The summed E-state index contributed by atoms with van der Waals surface area (Å²) in [6.45, 7) is 6.84. The first-order valence-corrected chi connectivity index (χ1v) is 13.3. The molecule has 3 rings (SSSR count). The molecular weight excluding hydrogens is 516 g/mol. The molecule has 1 aliphatic rings. The SMILES string of the molecule is CCC(C)C1C(=O)N[C@H](C)[C@H](NC(=O)c2ncccc2O)C(=O)N[C@@H](Cc2cccnc2)[C@@H](O)[C@@H](C)C(=O)N1C. The number of pyridine rings is 2. The second kappa shape index (κ2) is 13.3. The molecule has 216 valence electrons. The first kappa shape index (κ1) is 30.5. The van der Waals surface area contributed by atoms with Gasteiger partial charge in [0.05, 0.1) is 24.1 Å². The molecule has 12 nitrogen and oxygen atoms in total. The van der Waals surface area contributed by atoms with Crippen molar-refractivity contribution < 1.29 is 29.4 Å². The lowest BCUT2D eigenvalue weighted by Gasteiger charge is -2.38. The summed E-state index contributed by atoms with van der Waals surface area (Å²) >= 11 is 0. The number of aromatic nitrogens is 2. The third kappa shape index (κ3) is 6.92. The highest BCUT2D eigenvalue weighted by Gasteiger charge is 2.41. The number of aliphatic hydroxyl groups excluding tert-OH is 1. The van der Waals surface area contributed by atoms with E-state index in [1.54, 1.807) is 38.4 Å². The highest BCUT2D eigenvalue weighted by Crippen LogP contribution is 2.21. The van der Waals surface area contributed by atoms with Crippen molar-refractivity contribution in [3.8, 4) is 5.75 Å². The van der Waals surface area contributed by atoms with Crippen LogP contribution in [0.25, 0.3) is 0 Å². The zero-order chi connectivity index (χ0) is 29.6. The Morgan fingerprint density at radius 1 is 1.12 bits per heavy atom. The molecule has 0 saturated carbocycles. The van der Waals surface area contributed by atoms with E-state index in [0.29, 0.717) is 12.0 Å². The van der Waals surface area contributed by atoms with Crippen molar-refractivity contribution in [3.05, 3.63) is 54.1 Å². The Morgan fingerprint density at radius 2 is 1.82 bits per heavy atom. The number of hydrogen-bond donors (Lipinski definition) is 5. The van der Waals surface area contributed by atoms with Crippen molar-refractivity contribution in [2.24, 2.45) is 11.8 Å². The van der Waals surface area contributed by atoms with E-state index in [0.717, 1.165) is 0 Å². The molecule has 1 saturated heterocycles. The van der Waals surface area contributed by atoms with Gasteiger partial charge in [-0.3, -0.25) is 24.2 Å². The molecule has 2 aromatic heterocycles. The maximum atomic E-state index is 13.7. The molecule has 5 N–H and O–H groups in total. The van der Waals surface area contributed by atoms with Crippen LogP contribution in [0.5, 0.6) is 5.75 Å². The van der Waals surface area contributed by atoms with E-state index in [9.17, 15) is 29.4 Å². The fraction of sp³-hybridized carbons (Fsp3) is 0.500. The molecule has 12 heteroatoms. The predicted octanol–water partition coefficient (Wildman–Crippen LogP) is 0.397. The molecule has 0 aromatic carbocycles. The van der Waals surface area contributed by atoms with E-state index in [2.05, 4.69) is 25.9 Å². The summed E-state index contributed by atoms with van der Waals surface area (Å²) in [5, 5.41) is 29.6. The van der Waals surface area contributed by atoms with E-state index in [1.165, 1.54) is 30.3 Å². The molecule has 2 aromatic rings. The molecule has 0 spiro atoms. The fourth-order valence-electron chi connectivity index (χ4n) is 4.89. The minimum atomic E-state index is -1.33. The second-order valence-corrected chi connectivity index (χ2v) is 10.4. The van der Waals surface area contributed by atoms with E-state index >= 15 is 0 Å². The highest BCUT2D eigenvalue weighted by atomic mass is 16.3. The monoisotopic (exact) mass is 554 g/mol. The predicted molar refractivity (Wildman–Crippen MR) is 146 cm³/mol.